The largest absolute Gasteiger partial charge is 0.398 e. The molecule has 0 radical (unpaired) electrons. The normalized spacial score (nSPS) is 9.09. The number of aliphatic imine (C=N–C) groups is 1. The molecule has 0 aromatic heterocycles. The minimum Gasteiger partial charge on any atom is -0.398 e. The van der Waals surface area contributed by atoms with Crippen LogP contribution in [-0.2, 0) is 0 Å². The van der Waals surface area contributed by atoms with Crippen LogP contribution in [-0.4, -0.2) is 6.72 Å². The zero-order chi connectivity index (χ0) is 8.27. The molecule has 0 aliphatic rings. The molecule has 2 heteroatoms. The number of nitrogens with zero attached hydrogens (tertiary/aromatic N) is 1. The SMILES string of the molecule is C=Cc1c(N)cccc1N=C.[HH]. The van der Waals surface area contributed by atoms with E-state index < -0.39 is 0 Å². The molecule has 1 aromatic carbocycles. The van der Waals surface area contributed by atoms with Crippen LogP contribution in [0.25, 0.3) is 6.08 Å². The van der Waals surface area contributed by atoms with Gasteiger partial charge in [0.15, 0.2) is 0 Å². The molecule has 0 heterocycles. The van der Waals surface area contributed by atoms with Crippen molar-refractivity contribution in [1.29, 1.82) is 0 Å². The van der Waals surface area contributed by atoms with Gasteiger partial charge in [-0.3, -0.25) is 4.99 Å². The van der Waals surface area contributed by atoms with E-state index in [9.17, 15) is 0 Å². The predicted octanol–water partition coefficient (Wildman–Crippen LogP) is 2.49. The lowest BCUT2D eigenvalue weighted by molar-refractivity contribution is 1.52. The first-order valence-electron chi connectivity index (χ1n) is 3.27. The lowest BCUT2D eigenvalue weighted by Crippen LogP contribution is -1.87. The summed E-state index contributed by atoms with van der Waals surface area (Å²) in [5, 5.41) is 0. The van der Waals surface area contributed by atoms with Crippen molar-refractivity contribution in [3.63, 3.8) is 0 Å². The van der Waals surface area contributed by atoms with Gasteiger partial charge in [0.1, 0.15) is 0 Å². The van der Waals surface area contributed by atoms with E-state index in [-0.39, 0.29) is 1.43 Å². The lowest BCUT2D eigenvalue weighted by Gasteiger charge is -2.02. The monoisotopic (exact) mass is 148 g/mol. The summed E-state index contributed by atoms with van der Waals surface area (Å²) >= 11 is 0. The van der Waals surface area contributed by atoms with Crippen molar-refractivity contribution in [3.8, 4) is 0 Å². The number of anilines is 1. The van der Waals surface area contributed by atoms with Crippen LogP contribution in [0.1, 0.15) is 6.99 Å². The van der Waals surface area contributed by atoms with E-state index in [1.54, 1.807) is 6.08 Å². The Kier molecular flexibility index (Phi) is 2.06. The summed E-state index contributed by atoms with van der Waals surface area (Å²) in [5.41, 5.74) is 7.96. The quantitative estimate of drug-likeness (QED) is 0.508. The average Bonchev–Trinajstić information content (AvgIpc) is 2.04. The van der Waals surface area contributed by atoms with Gasteiger partial charge in [-0.1, -0.05) is 18.7 Å². The fourth-order valence-corrected chi connectivity index (χ4v) is 0.931. The second kappa shape index (κ2) is 3.01. The summed E-state index contributed by atoms with van der Waals surface area (Å²) in [7, 11) is 0. The van der Waals surface area contributed by atoms with E-state index in [0.29, 0.717) is 5.69 Å². The van der Waals surface area contributed by atoms with Crippen LogP contribution in [0, 0.1) is 0 Å². The number of nitrogen functional groups attached to an aromatic ring is 1. The number of hydrogen-bond acceptors (Lipinski definition) is 2. The summed E-state index contributed by atoms with van der Waals surface area (Å²) in [6, 6.07) is 5.50. The van der Waals surface area contributed by atoms with Crippen LogP contribution >= 0.6 is 0 Å². The van der Waals surface area contributed by atoms with E-state index in [4.69, 9.17) is 5.73 Å². The Balaban J connectivity index is 0.00000121. The minimum atomic E-state index is 0. The zero-order valence-electron chi connectivity index (χ0n) is 6.25. The first-order valence-corrected chi connectivity index (χ1v) is 3.27. The van der Waals surface area contributed by atoms with Gasteiger partial charge in [0.2, 0.25) is 0 Å². The molecule has 2 nitrogen and oxygen atoms in total. The number of rotatable bonds is 2. The highest BCUT2D eigenvalue weighted by Gasteiger charge is 1.98. The molecular weight excluding hydrogens is 136 g/mol. The van der Waals surface area contributed by atoms with Crippen LogP contribution in [0.15, 0.2) is 29.8 Å². The Labute approximate surface area is 67.6 Å². The molecule has 11 heavy (non-hydrogen) atoms. The van der Waals surface area contributed by atoms with Crippen LogP contribution in [0.3, 0.4) is 0 Å². The van der Waals surface area contributed by atoms with Gasteiger partial charge in [-0.25, -0.2) is 0 Å². The topological polar surface area (TPSA) is 38.4 Å². The maximum atomic E-state index is 5.65. The standard InChI is InChI=1S/C9H10N2.H2/c1-3-7-8(10)5-4-6-9(7)11-2;/h3-6H,1-2,10H2;1H. The highest BCUT2D eigenvalue weighted by atomic mass is 14.7. The highest BCUT2D eigenvalue weighted by molar-refractivity contribution is 5.75. The fourth-order valence-electron chi connectivity index (χ4n) is 0.931. The molecule has 0 aliphatic carbocycles. The van der Waals surface area contributed by atoms with Crippen molar-refractivity contribution < 1.29 is 1.43 Å². The summed E-state index contributed by atoms with van der Waals surface area (Å²) < 4.78 is 0. The molecule has 0 saturated heterocycles. The molecule has 1 rings (SSSR count). The summed E-state index contributed by atoms with van der Waals surface area (Å²) in [4.78, 5) is 3.80. The Morgan fingerprint density at radius 1 is 1.55 bits per heavy atom. The third-order valence-corrected chi connectivity index (χ3v) is 1.49. The molecule has 58 valence electrons. The lowest BCUT2D eigenvalue weighted by atomic mass is 10.1. The van der Waals surface area contributed by atoms with Gasteiger partial charge >= 0.3 is 0 Å². The van der Waals surface area contributed by atoms with E-state index in [2.05, 4.69) is 18.3 Å². The number of nitrogens with two attached hydrogens (primary N) is 1. The third kappa shape index (κ3) is 1.29. The Morgan fingerprint density at radius 3 is 2.73 bits per heavy atom. The van der Waals surface area contributed by atoms with E-state index in [1.807, 2.05) is 18.2 Å². The molecule has 0 amide bonds. The van der Waals surface area contributed by atoms with Gasteiger partial charge in [-0.15, -0.1) is 0 Å². The van der Waals surface area contributed by atoms with Crippen LogP contribution in [0.2, 0.25) is 0 Å². The number of benzene rings is 1. The number of hydrogen-bond donors (Lipinski definition) is 1. The molecular formula is C9H12N2. The molecule has 2 N–H and O–H groups in total. The molecule has 0 atom stereocenters. The molecule has 0 bridgehead atoms. The Hall–Kier alpha value is -1.57. The van der Waals surface area contributed by atoms with Crippen LogP contribution < -0.4 is 5.73 Å². The smallest absolute Gasteiger partial charge is 0.0715 e. The van der Waals surface area contributed by atoms with E-state index in [0.717, 1.165) is 11.3 Å². The van der Waals surface area contributed by atoms with Crippen molar-refractivity contribution in [2.24, 2.45) is 4.99 Å². The van der Waals surface area contributed by atoms with Crippen molar-refractivity contribution in [1.82, 2.24) is 0 Å². The maximum absolute atomic E-state index is 5.65. The van der Waals surface area contributed by atoms with E-state index >= 15 is 0 Å². The first kappa shape index (κ1) is 7.54. The van der Waals surface area contributed by atoms with Gasteiger partial charge in [0.25, 0.3) is 0 Å². The molecule has 0 aliphatic heterocycles. The van der Waals surface area contributed by atoms with Gasteiger partial charge in [0.05, 0.1) is 5.69 Å². The van der Waals surface area contributed by atoms with Crippen molar-refractivity contribution >= 4 is 24.2 Å². The highest BCUT2D eigenvalue weighted by Crippen LogP contribution is 2.24. The first-order chi connectivity index (χ1) is 5.29. The van der Waals surface area contributed by atoms with Gasteiger partial charge in [-0.05, 0) is 18.9 Å². The van der Waals surface area contributed by atoms with Crippen molar-refractivity contribution in [2.45, 2.75) is 0 Å². The molecule has 0 fully saturated rings. The van der Waals surface area contributed by atoms with Crippen LogP contribution in [0.5, 0.6) is 0 Å². The molecule has 0 saturated carbocycles. The fraction of sp³-hybridized carbons (Fsp3) is 0. The van der Waals surface area contributed by atoms with Crippen molar-refractivity contribution in [2.75, 3.05) is 5.73 Å². The summed E-state index contributed by atoms with van der Waals surface area (Å²) in [5.74, 6) is 0. The predicted molar refractivity (Wildman–Crippen MR) is 52.3 cm³/mol. The second-order valence-corrected chi connectivity index (χ2v) is 2.14. The van der Waals surface area contributed by atoms with Gasteiger partial charge in [-0.2, -0.15) is 0 Å². The third-order valence-electron chi connectivity index (χ3n) is 1.49. The summed E-state index contributed by atoms with van der Waals surface area (Å²) in [6.07, 6.45) is 1.68. The van der Waals surface area contributed by atoms with E-state index in [1.165, 1.54) is 0 Å². The Bertz CT molecular complexity index is 295. The Morgan fingerprint density at radius 2 is 2.27 bits per heavy atom. The van der Waals surface area contributed by atoms with Crippen LogP contribution in [0.4, 0.5) is 11.4 Å². The molecule has 0 spiro atoms. The maximum Gasteiger partial charge on any atom is 0.0715 e. The second-order valence-electron chi connectivity index (χ2n) is 2.14. The molecule has 0 unspecified atom stereocenters. The average molecular weight is 148 g/mol. The van der Waals surface area contributed by atoms with Gasteiger partial charge in [0, 0.05) is 12.7 Å². The van der Waals surface area contributed by atoms with Crippen molar-refractivity contribution in [3.05, 3.63) is 30.3 Å². The summed E-state index contributed by atoms with van der Waals surface area (Å²) in [6.45, 7) is 7.06. The minimum absolute atomic E-state index is 0. The van der Waals surface area contributed by atoms with Gasteiger partial charge < -0.3 is 5.73 Å². The zero-order valence-corrected chi connectivity index (χ0v) is 6.25. The molecule has 1 aromatic rings.